The van der Waals surface area contributed by atoms with E-state index in [2.05, 4.69) is 0 Å². The molecule has 0 atom stereocenters. The van der Waals surface area contributed by atoms with Crippen LogP contribution < -0.4 is 0 Å². The zero-order valence-corrected chi connectivity index (χ0v) is 9.58. The predicted molar refractivity (Wildman–Crippen MR) is 59.0 cm³/mol. The van der Waals surface area contributed by atoms with Crippen molar-refractivity contribution in [2.75, 3.05) is 0 Å². The third-order valence-electron chi connectivity index (χ3n) is 4.00. The van der Waals surface area contributed by atoms with E-state index in [0.29, 0.717) is 0 Å². The molecule has 0 aromatic carbocycles. The van der Waals surface area contributed by atoms with Crippen LogP contribution in [-0.2, 0) is 0 Å². The van der Waals surface area contributed by atoms with Crippen molar-refractivity contribution in [3.63, 3.8) is 0 Å². The Hall–Kier alpha value is -0.0400. The zero-order chi connectivity index (χ0) is 10.1. The monoisotopic (exact) mass is 196 g/mol. The number of aliphatic hydroxyl groups is 1. The minimum atomic E-state index is -0.167. The highest BCUT2D eigenvalue weighted by atomic mass is 16.3. The fourth-order valence-electron chi connectivity index (χ4n) is 3.98. The Labute approximate surface area is 87.9 Å². The van der Waals surface area contributed by atoms with Gasteiger partial charge in [-0.2, -0.15) is 0 Å². The van der Waals surface area contributed by atoms with Gasteiger partial charge in [0, 0.05) is 6.10 Å². The third-order valence-corrected chi connectivity index (χ3v) is 4.00. The van der Waals surface area contributed by atoms with E-state index >= 15 is 0 Å². The summed E-state index contributed by atoms with van der Waals surface area (Å²) >= 11 is 0. The summed E-state index contributed by atoms with van der Waals surface area (Å²) in [6.07, 6.45) is 9.46. The van der Waals surface area contributed by atoms with Gasteiger partial charge in [-0.1, -0.05) is 0 Å². The lowest BCUT2D eigenvalue weighted by atomic mass is 9.56. The van der Waals surface area contributed by atoms with E-state index in [1.165, 1.54) is 23.7 Å². The van der Waals surface area contributed by atoms with Crippen LogP contribution >= 0.6 is 0 Å². The van der Waals surface area contributed by atoms with Crippen molar-refractivity contribution >= 4 is 0 Å². The standard InChI is InChI=1S/C10H16.C3H8O/c1-7-2-9-4-8(1)5-10(3-7)6-9;1-3(2)4/h7-10H,1-6H2;3-4H,1-2H3. The van der Waals surface area contributed by atoms with Gasteiger partial charge < -0.3 is 5.11 Å². The molecular weight excluding hydrogens is 172 g/mol. The molecule has 0 aromatic heterocycles. The summed E-state index contributed by atoms with van der Waals surface area (Å²) in [5.74, 6) is 4.71. The second-order valence-electron chi connectivity index (χ2n) is 5.97. The van der Waals surface area contributed by atoms with Crippen molar-refractivity contribution in [1.29, 1.82) is 0 Å². The molecule has 0 radical (unpaired) electrons. The Kier molecular flexibility index (Phi) is 3.16. The summed E-state index contributed by atoms with van der Waals surface area (Å²) in [5, 5.41) is 8.06. The number of aliphatic hydroxyl groups excluding tert-OH is 1. The van der Waals surface area contributed by atoms with Gasteiger partial charge in [0.15, 0.2) is 0 Å². The van der Waals surface area contributed by atoms with Crippen LogP contribution in [0.4, 0.5) is 0 Å². The molecule has 0 heterocycles. The Morgan fingerprint density at radius 3 is 1.00 bits per heavy atom. The van der Waals surface area contributed by atoms with Gasteiger partial charge in [0.1, 0.15) is 0 Å². The zero-order valence-electron chi connectivity index (χ0n) is 9.58. The molecular formula is C13H24O. The maximum Gasteiger partial charge on any atom is 0.0483 e. The second-order valence-corrected chi connectivity index (χ2v) is 5.97. The number of rotatable bonds is 0. The summed E-state index contributed by atoms with van der Waals surface area (Å²) in [6.45, 7) is 3.44. The molecule has 0 aromatic rings. The molecule has 4 fully saturated rings. The lowest BCUT2D eigenvalue weighted by Gasteiger charge is -2.49. The highest BCUT2D eigenvalue weighted by molar-refractivity contribution is 4.92. The van der Waals surface area contributed by atoms with Crippen molar-refractivity contribution in [2.24, 2.45) is 23.7 Å². The van der Waals surface area contributed by atoms with E-state index in [1.54, 1.807) is 52.4 Å². The summed E-state index contributed by atoms with van der Waals surface area (Å²) in [6, 6.07) is 0. The smallest absolute Gasteiger partial charge is 0.0483 e. The second kappa shape index (κ2) is 4.22. The molecule has 1 nitrogen and oxygen atoms in total. The maximum absolute atomic E-state index is 8.06. The Morgan fingerprint density at radius 2 is 0.857 bits per heavy atom. The van der Waals surface area contributed by atoms with Crippen LogP contribution in [0.5, 0.6) is 0 Å². The van der Waals surface area contributed by atoms with Crippen molar-refractivity contribution < 1.29 is 5.11 Å². The normalized spacial score (nSPS) is 43.7. The molecule has 1 heteroatoms. The average Bonchev–Trinajstić information content (AvgIpc) is 1.98. The SMILES string of the molecule is C1C2CC3CC1CC(C2)C3.CC(C)O. The van der Waals surface area contributed by atoms with E-state index in [4.69, 9.17) is 5.11 Å². The highest BCUT2D eigenvalue weighted by Gasteiger charge is 2.41. The van der Waals surface area contributed by atoms with Crippen LogP contribution in [0.3, 0.4) is 0 Å². The fraction of sp³-hybridized carbons (Fsp3) is 1.00. The van der Waals surface area contributed by atoms with Gasteiger partial charge in [-0.25, -0.2) is 0 Å². The molecule has 4 saturated carbocycles. The molecule has 14 heavy (non-hydrogen) atoms. The molecule has 4 rings (SSSR count). The first-order chi connectivity index (χ1) is 6.63. The summed E-state index contributed by atoms with van der Waals surface area (Å²) in [5.41, 5.74) is 0. The molecule has 0 aliphatic heterocycles. The van der Waals surface area contributed by atoms with E-state index in [0.717, 1.165) is 0 Å². The summed E-state index contributed by atoms with van der Waals surface area (Å²) in [4.78, 5) is 0. The van der Waals surface area contributed by atoms with Gasteiger partial charge in [0.05, 0.1) is 0 Å². The minimum Gasteiger partial charge on any atom is -0.394 e. The van der Waals surface area contributed by atoms with Gasteiger partial charge in [-0.05, 0) is 76.0 Å². The van der Waals surface area contributed by atoms with Gasteiger partial charge in [-0.15, -0.1) is 0 Å². The Bertz CT molecular complexity index is 126. The average molecular weight is 196 g/mol. The van der Waals surface area contributed by atoms with Crippen LogP contribution in [-0.4, -0.2) is 11.2 Å². The largest absolute Gasteiger partial charge is 0.394 e. The van der Waals surface area contributed by atoms with Crippen molar-refractivity contribution in [1.82, 2.24) is 0 Å². The van der Waals surface area contributed by atoms with E-state index < -0.39 is 0 Å². The first-order valence-electron chi connectivity index (χ1n) is 6.31. The third kappa shape index (κ3) is 2.50. The quantitative estimate of drug-likeness (QED) is 0.630. The molecule has 4 aliphatic carbocycles. The fourth-order valence-corrected chi connectivity index (χ4v) is 3.98. The van der Waals surface area contributed by atoms with Crippen LogP contribution in [0.1, 0.15) is 52.4 Å². The molecule has 1 N–H and O–H groups in total. The van der Waals surface area contributed by atoms with Crippen LogP contribution in [0, 0.1) is 23.7 Å². The number of hydrogen-bond donors (Lipinski definition) is 1. The maximum atomic E-state index is 8.06. The summed E-state index contributed by atoms with van der Waals surface area (Å²) in [7, 11) is 0. The molecule has 0 spiro atoms. The van der Waals surface area contributed by atoms with Crippen LogP contribution in [0.25, 0.3) is 0 Å². The van der Waals surface area contributed by atoms with Gasteiger partial charge in [-0.3, -0.25) is 0 Å². The van der Waals surface area contributed by atoms with E-state index in [9.17, 15) is 0 Å². The minimum absolute atomic E-state index is 0.167. The van der Waals surface area contributed by atoms with E-state index in [1.807, 2.05) is 0 Å². The Morgan fingerprint density at radius 1 is 0.714 bits per heavy atom. The van der Waals surface area contributed by atoms with E-state index in [-0.39, 0.29) is 6.10 Å². The lowest BCUT2D eigenvalue weighted by molar-refractivity contribution is 0.0198. The highest BCUT2D eigenvalue weighted by Crippen LogP contribution is 2.53. The van der Waals surface area contributed by atoms with Gasteiger partial charge in [0.25, 0.3) is 0 Å². The van der Waals surface area contributed by atoms with Gasteiger partial charge >= 0.3 is 0 Å². The van der Waals surface area contributed by atoms with Crippen molar-refractivity contribution in [3.8, 4) is 0 Å². The molecule has 82 valence electrons. The number of hydrogen-bond acceptors (Lipinski definition) is 1. The van der Waals surface area contributed by atoms with Crippen molar-refractivity contribution in [3.05, 3.63) is 0 Å². The molecule has 0 unspecified atom stereocenters. The molecule has 0 amide bonds. The molecule has 0 saturated heterocycles. The van der Waals surface area contributed by atoms with Gasteiger partial charge in [0.2, 0.25) is 0 Å². The topological polar surface area (TPSA) is 20.2 Å². The van der Waals surface area contributed by atoms with Crippen LogP contribution in [0.15, 0.2) is 0 Å². The first kappa shape index (κ1) is 10.5. The van der Waals surface area contributed by atoms with Crippen LogP contribution in [0.2, 0.25) is 0 Å². The first-order valence-corrected chi connectivity index (χ1v) is 6.31. The summed E-state index contributed by atoms with van der Waals surface area (Å²) < 4.78 is 0. The lowest BCUT2D eigenvalue weighted by Crippen LogP contribution is -2.38. The Balaban J connectivity index is 0.000000165. The molecule has 4 bridgehead atoms. The molecule has 4 aliphatic rings. The van der Waals surface area contributed by atoms with Crippen molar-refractivity contribution in [2.45, 2.75) is 58.5 Å². The predicted octanol–water partition coefficient (Wildman–Crippen LogP) is 3.22.